The first-order chi connectivity index (χ1) is 13.4. The number of alkyl halides is 1. The molecule has 16 nitrogen and oxygen atoms in total. The number of hydrogen-bond acceptors (Lipinski definition) is 10. The van der Waals surface area contributed by atoms with Crippen LogP contribution in [-0.2, 0) is 31.6 Å². The molecule has 0 amide bonds. The van der Waals surface area contributed by atoms with Gasteiger partial charge in [-0.1, -0.05) is 0 Å². The second-order valence-electron chi connectivity index (χ2n) is 5.67. The summed E-state index contributed by atoms with van der Waals surface area (Å²) >= 11 is 0. The summed E-state index contributed by atoms with van der Waals surface area (Å²) in [6.07, 6.45) is -4.50. The van der Waals surface area contributed by atoms with Crippen molar-refractivity contribution in [1.29, 1.82) is 0 Å². The molecule has 21 heteroatoms. The Balaban J connectivity index is 2.11. The lowest BCUT2D eigenvalue weighted by atomic mass is 10.2. The molecule has 0 radical (unpaired) electrons. The molecule has 0 bridgehead atoms. The fraction of sp³-hybridized carbons (Fsp3) is 0.556. The van der Waals surface area contributed by atoms with Crippen LogP contribution < -0.4 is 11.2 Å². The molecule has 0 aliphatic carbocycles. The minimum atomic E-state index is -5.84. The zero-order valence-electron chi connectivity index (χ0n) is 14.1. The van der Waals surface area contributed by atoms with Gasteiger partial charge in [-0.2, -0.15) is 13.0 Å². The maximum absolute atomic E-state index is 14.7. The van der Waals surface area contributed by atoms with Crippen LogP contribution in [0.4, 0.5) is 8.78 Å². The lowest BCUT2D eigenvalue weighted by Crippen LogP contribution is -2.37. The van der Waals surface area contributed by atoms with E-state index in [1.165, 1.54) is 4.98 Å². The van der Waals surface area contributed by atoms with Crippen LogP contribution in [0.25, 0.3) is 0 Å². The van der Waals surface area contributed by atoms with Gasteiger partial charge in [-0.05, 0) is 0 Å². The number of aromatic amines is 1. The van der Waals surface area contributed by atoms with Crippen LogP contribution in [0.3, 0.4) is 0 Å². The van der Waals surface area contributed by atoms with E-state index in [0.717, 1.165) is 0 Å². The Morgan fingerprint density at radius 3 is 2.37 bits per heavy atom. The summed E-state index contributed by atoms with van der Waals surface area (Å²) in [5.74, 6) is -4.61. The van der Waals surface area contributed by atoms with Gasteiger partial charge >= 0.3 is 29.2 Å². The molecule has 1 aliphatic rings. The first-order valence-electron chi connectivity index (χ1n) is 7.26. The minimum absolute atomic E-state index is 0.285. The van der Waals surface area contributed by atoms with Crippen molar-refractivity contribution in [2.24, 2.45) is 0 Å². The van der Waals surface area contributed by atoms with E-state index < -0.39 is 71.7 Å². The average molecular weight is 504 g/mol. The van der Waals surface area contributed by atoms with E-state index in [4.69, 9.17) is 14.7 Å². The van der Waals surface area contributed by atoms with Crippen molar-refractivity contribution in [3.63, 3.8) is 0 Å². The number of aliphatic hydroxyl groups excluding tert-OH is 1. The Kier molecular flexibility index (Phi) is 7.06. The molecule has 1 fully saturated rings. The van der Waals surface area contributed by atoms with Gasteiger partial charge < -0.3 is 29.4 Å². The molecule has 1 aromatic rings. The number of aromatic nitrogens is 2. The van der Waals surface area contributed by atoms with E-state index in [1.54, 1.807) is 0 Å². The van der Waals surface area contributed by atoms with Crippen LogP contribution in [0.2, 0.25) is 0 Å². The normalized spacial score (nSPS) is 28.8. The van der Waals surface area contributed by atoms with Gasteiger partial charge in [0.1, 0.15) is 12.7 Å². The number of ether oxygens (including phenoxy) is 1. The van der Waals surface area contributed by atoms with Gasteiger partial charge in [-0.15, -0.1) is 0 Å². The molecule has 2 unspecified atom stereocenters. The molecule has 0 aromatic carbocycles. The number of hydrogen-bond donors (Lipinski definition) is 6. The fourth-order valence-electron chi connectivity index (χ4n) is 2.22. The summed E-state index contributed by atoms with van der Waals surface area (Å²) in [7, 11) is -17.2. The molecule has 2 rings (SSSR count). The average Bonchev–Trinajstić information content (AvgIpc) is 2.81. The van der Waals surface area contributed by atoms with E-state index in [2.05, 4.69) is 17.9 Å². The SMILES string of the molecule is O=c1[nH]c(=O)n([C@@H]2O[C@](F)(COP(=O)(O)OP(=O)(O)OP(=O)(O)O)C[C@H]2O)cc1F. The molecule has 1 aromatic heterocycles. The highest BCUT2D eigenvalue weighted by Crippen LogP contribution is 2.66. The van der Waals surface area contributed by atoms with Crippen LogP contribution in [0.1, 0.15) is 12.6 Å². The second-order valence-corrected chi connectivity index (χ2v) is 10.1. The number of rotatable bonds is 8. The number of phosphoric ester groups is 1. The predicted octanol–water partition coefficient (Wildman–Crippen LogP) is -1.04. The molecule has 2 heterocycles. The summed E-state index contributed by atoms with van der Waals surface area (Å²) < 4.78 is 77.2. The molecule has 172 valence electrons. The van der Waals surface area contributed by atoms with Crippen LogP contribution in [-0.4, -0.2) is 52.8 Å². The molecule has 6 N–H and O–H groups in total. The van der Waals surface area contributed by atoms with Gasteiger partial charge in [0, 0.05) is 6.42 Å². The first kappa shape index (κ1) is 25.1. The largest absolute Gasteiger partial charge is 0.490 e. The van der Waals surface area contributed by atoms with Crippen molar-refractivity contribution in [3.05, 3.63) is 32.9 Å². The lowest BCUT2D eigenvalue weighted by molar-refractivity contribution is -0.178. The van der Waals surface area contributed by atoms with E-state index in [-0.39, 0.29) is 4.57 Å². The van der Waals surface area contributed by atoms with E-state index in [9.17, 15) is 42.1 Å². The number of halogens is 2. The first-order valence-corrected chi connectivity index (χ1v) is 11.8. The van der Waals surface area contributed by atoms with E-state index in [1.807, 2.05) is 0 Å². The monoisotopic (exact) mass is 504 g/mol. The van der Waals surface area contributed by atoms with Crippen molar-refractivity contribution < 1.29 is 65.0 Å². The Morgan fingerprint density at radius 1 is 1.20 bits per heavy atom. The van der Waals surface area contributed by atoms with Gasteiger partial charge in [0.25, 0.3) is 5.56 Å². The van der Waals surface area contributed by atoms with Gasteiger partial charge in [0.15, 0.2) is 6.23 Å². The molecule has 0 saturated carbocycles. The molecule has 1 saturated heterocycles. The standard InChI is InChI=1S/C9H13F2N2O14P3/c10-4-2-13(8(16)12-6(4)15)7-5(14)1-9(11,25-7)3-24-29(20,21)27-30(22,23)26-28(17,18)19/h2,5,7,14H,1,3H2,(H,20,21)(H,22,23)(H,12,15,16)(H2,17,18,19)/t5-,7-,9+/m1/s1. The third-order valence-corrected chi connectivity index (χ3v) is 7.02. The van der Waals surface area contributed by atoms with Crippen LogP contribution in [0.15, 0.2) is 15.8 Å². The van der Waals surface area contributed by atoms with Crippen LogP contribution in [0.5, 0.6) is 0 Å². The third kappa shape index (κ3) is 6.68. The van der Waals surface area contributed by atoms with Crippen molar-refractivity contribution in [1.82, 2.24) is 9.55 Å². The zero-order chi connectivity index (χ0) is 23.1. The quantitative estimate of drug-likeness (QED) is 0.232. The molecule has 30 heavy (non-hydrogen) atoms. The summed E-state index contributed by atoms with van der Waals surface area (Å²) in [6, 6.07) is 0. The number of nitrogens with one attached hydrogen (secondary N) is 1. The molecular weight excluding hydrogens is 491 g/mol. The molecule has 5 atom stereocenters. The Hall–Kier alpha value is -1.13. The van der Waals surface area contributed by atoms with Gasteiger partial charge in [-0.3, -0.25) is 18.9 Å². The summed E-state index contributed by atoms with van der Waals surface area (Å²) in [6.45, 7) is -1.58. The maximum atomic E-state index is 14.7. The minimum Gasteiger partial charge on any atom is -0.388 e. The number of H-pyrrole nitrogens is 1. The third-order valence-electron chi connectivity index (χ3n) is 3.23. The maximum Gasteiger partial charge on any atom is 0.490 e. The predicted molar refractivity (Wildman–Crippen MR) is 85.7 cm³/mol. The Labute approximate surface area is 163 Å². The van der Waals surface area contributed by atoms with Gasteiger partial charge in [0.2, 0.25) is 11.7 Å². The number of phosphoric acid groups is 3. The van der Waals surface area contributed by atoms with Crippen molar-refractivity contribution in [3.8, 4) is 0 Å². The van der Waals surface area contributed by atoms with E-state index in [0.29, 0.717) is 6.20 Å². The highest BCUT2D eigenvalue weighted by Gasteiger charge is 2.50. The van der Waals surface area contributed by atoms with Gasteiger partial charge in [-0.25, -0.2) is 22.9 Å². The number of nitrogens with zero attached hydrogens (tertiary/aromatic N) is 1. The van der Waals surface area contributed by atoms with Crippen molar-refractivity contribution in [2.45, 2.75) is 24.6 Å². The summed E-state index contributed by atoms with van der Waals surface area (Å²) in [5, 5.41) is 9.86. The topological polar surface area (TPSA) is 244 Å². The van der Waals surface area contributed by atoms with Crippen molar-refractivity contribution >= 4 is 23.5 Å². The molecule has 0 spiro atoms. The second kappa shape index (κ2) is 8.43. The Morgan fingerprint density at radius 2 is 1.80 bits per heavy atom. The number of aliphatic hydroxyl groups is 1. The fourth-order valence-corrected chi connectivity index (χ4v) is 5.27. The lowest BCUT2D eigenvalue weighted by Gasteiger charge is -2.22. The highest BCUT2D eigenvalue weighted by atomic mass is 31.3. The van der Waals surface area contributed by atoms with Crippen LogP contribution >= 0.6 is 23.5 Å². The summed E-state index contributed by atoms with van der Waals surface area (Å²) in [4.78, 5) is 59.3. The zero-order valence-corrected chi connectivity index (χ0v) is 16.8. The smallest absolute Gasteiger partial charge is 0.388 e. The summed E-state index contributed by atoms with van der Waals surface area (Å²) in [5.41, 5.74) is -2.69. The highest BCUT2D eigenvalue weighted by molar-refractivity contribution is 7.66. The van der Waals surface area contributed by atoms with Gasteiger partial charge in [0.05, 0.1) is 6.20 Å². The van der Waals surface area contributed by atoms with Crippen molar-refractivity contribution in [2.75, 3.05) is 6.61 Å². The molecule has 1 aliphatic heterocycles. The molecular formula is C9H13F2N2O14P3. The Bertz CT molecular complexity index is 1070. The van der Waals surface area contributed by atoms with E-state index >= 15 is 0 Å². The van der Waals surface area contributed by atoms with Crippen LogP contribution in [0, 0.1) is 5.82 Å².